The third kappa shape index (κ3) is 4.70. The molecule has 6 nitrogen and oxygen atoms in total. The summed E-state index contributed by atoms with van der Waals surface area (Å²) >= 11 is 1.57. The van der Waals surface area contributed by atoms with Crippen LogP contribution in [-0.2, 0) is 14.3 Å². The predicted octanol–water partition coefficient (Wildman–Crippen LogP) is 2.16. The summed E-state index contributed by atoms with van der Waals surface area (Å²) in [5, 5.41) is 14.8. The maximum absolute atomic E-state index is 11.3. The van der Waals surface area contributed by atoms with E-state index in [0.29, 0.717) is 0 Å². The smallest absolute Gasteiger partial charge is 0.323 e. The first-order chi connectivity index (χ1) is 10.9. The van der Waals surface area contributed by atoms with Crippen molar-refractivity contribution >= 4 is 29.3 Å². The number of anilines is 1. The molecule has 2 unspecified atom stereocenters. The van der Waals surface area contributed by atoms with Gasteiger partial charge in [0.05, 0.1) is 6.10 Å². The van der Waals surface area contributed by atoms with Crippen LogP contribution < -0.4 is 10.6 Å². The lowest BCUT2D eigenvalue weighted by atomic mass is 9.98. The van der Waals surface area contributed by atoms with Crippen LogP contribution in [0, 0.1) is 5.92 Å². The molecular weight excluding hydrogens is 316 g/mol. The van der Waals surface area contributed by atoms with Crippen molar-refractivity contribution in [2.24, 2.45) is 5.92 Å². The highest BCUT2D eigenvalue weighted by Gasteiger charge is 2.40. The Hall–Kier alpha value is -1.57. The average Bonchev–Trinajstić information content (AvgIpc) is 2.82. The lowest BCUT2D eigenvalue weighted by molar-refractivity contribution is -0.143. The number of hydrogen-bond acceptors (Lipinski definition) is 5. The summed E-state index contributed by atoms with van der Waals surface area (Å²) in [6, 6.07) is 6.83. The minimum Gasteiger partial charge on any atom is -0.480 e. The summed E-state index contributed by atoms with van der Waals surface area (Å²) in [5.74, 6) is -0.831. The van der Waals surface area contributed by atoms with Crippen molar-refractivity contribution in [3.8, 4) is 0 Å². The maximum Gasteiger partial charge on any atom is 0.323 e. The normalized spacial score (nSPS) is 25.1. The van der Waals surface area contributed by atoms with Gasteiger partial charge >= 0.3 is 5.97 Å². The Labute approximate surface area is 140 Å². The molecule has 0 aromatic heterocycles. The molecule has 4 atom stereocenters. The van der Waals surface area contributed by atoms with Crippen molar-refractivity contribution in [3.05, 3.63) is 24.3 Å². The fourth-order valence-corrected chi connectivity index (χ4v) is 3.87. The minimum absolute atomic E-state index is 0.0724. The molecule has 0 bridgehead atoms. The molecule has 0 aliphatic carbocycles. The van der Waals surface area contributed by atoms with Gasteiger partial charge in [0.15, 0.2) is 0 Å². The minimum atomic E-state index is -0.894. The molecule has 23 heavy (non-hydrogen) atoms. The van der Waals surface area contributed by atoms with Crippen molar-refractivity contribution in [1.82, 2.24) is 5.32 Å². The molecule has 0 radical (unpaired) electrons. The quantitative estimate of drug-likeness (QED) is 0.737. The molecule has 1 aliphatic rings. The van der Waals surface area contributed by atoms with E-state index in [0.717, 1.165) is 17.0 Å². The van der Waals surface area contributed by atoms with Crippen LogP contribution in [0.25, 0.3) is 0 Å². The average molecular weight is 338 g/mol. The number of thioether (sulfide) groups is 1. The van der Waals surface area contributed by atoms with Gasteiger partial charge < -0.3 is 20.5 Å². The Morgan fingerprint density at radius 2 is 2.00 bits per heavy atom. The highest BCUT2D eigenvalue weighted by Crippen LogP contribution is 2.38. The van der Waals surface area contributed by atoms with Crippen molar-refractivity contribution in [2.75, 3.05) is 12.4 Å². The number of likely N-dealkylation sites (N-methyl/N-ethyl adjacent to an activating group) is 1. The monoisotopic (exact) mass is 338 g/mol. The van der Waals surface area contributed by atoms with Crippen molar-refractivity contribution in [2.45, 2.75) is 42.7 Å². The zero-order valence-corrected chi connectivity index (χ0v) is 14.2. The number of carbonyl (C=O) groups is 2. The van der Waals surface area contributed by atoms with Gasteiger partial charge in [-0.2, -0.15) is 0 Å². The van der Waals surface area contributed by atoms with E-state index in [2.05, 4.69) is 10.6 Å². The Balaban J connectivity index is 1.96. The standard InChI is InChI=1S/C16H22N2O4S/c1-9-8-13(22-15(9)14(17-3)16(20)21)23-12-6-4-11(5-7-12)18-10(2)19/h4-7,9,13-15,17H,8H2,1-3H3,(H,18,19)(H,20,21)/t9-,13?,14?,15-/m1/s1. The summed E-state index contributed by atoms with van der Waals surface area (Å²) in [7, 11) is 1.64. The van der Waals surface area contributed by atoms with Crippen LogP contribution in [-0.4, -0.2) is 41.6 Å². The summed E-state index contributed by atoms with van der Waals surface area (Å²) in [6.07, 6.45) is 0.461. The predicted molar refractivity (Wildman–Crippen MR) is 89.5 cm³/mol. The van der Waals surface area contributed by atoms with Crippen LogP contribution in [0.15, 0.2) is 29.2 Å². The summed E-state index contributed by atoms with van der Waals surface area (Å²) in [4.78, 5) is 23.3. The number of carbonyl (C=O) groups excluding carboxylic acids is 1. The second-order valence-corrected chi connectivity index (χ2v) is 6.90. The van der Waals surface area contributed by atoms with Crippen LogP contribution in [0.2, 0.25) is 0 Å². The van der Waals surface area contributed by atoms with E-state index in [-0.39, 0.29) is 23.4 Å². The topological polar surface area (TPSA) is 87.7 Å². The number of nitrogens with one attached hydrogen (secondary N) is 2. The first-order valence-corrected chi connectivity index (χ1v) is 8.38. The molecular formula is C16H22N2O4S. The van der Waals surface area contributed by atoms with Crippen molar-refractivity contribution in [3.63, 3.8) is 0 Å². The van der Waals surface area contributed by atoms with Gasteiger partial charge in [-0.3, -0.25) is 9.59 Å². The van der Waals surface area contributed by atoms with Crippen LogP contribution in [0.4, 0.5) is 5.69 Å². The van der Waals surface area contributed by atoms with Gasteiger partial charge in [-0.15, -0.1) is 0 Å². The third-order valence-corrected chi connectivity index (χ3v) is 4.89. The molecule has 126 valence electrons. The Morgan fingerprint density at radius 3 is 2.52 bits per heavy atom. The molecule has 1 aliphatic heterocycles. The number of rotatable bonds is 6. The number of ether oxygens (including phenoxy) is 1. The zero-order valence-electron chi connectivity index (χ0n) is 13.4. The molecule has 0 spiro atoms. The Morgan fingerprint density at radius 1 is 1.35 bits per heavy atom. The van der Waals surface area contributed by atoms with Crippen LogP contribution in [0.1, 0.15) is 20.3 Å². The van der Waals surface area contributed by atoms with Crippen molar-refractivity contribution in [1.29, 1.82) is 0 Å². The van der Waals surface area contributed by atoms with Gasteiger partial charge in [-0.25, -0.2) is 0 Å². The van der Waals surface area contributed by atoms with Gasteiger partial charge in [-0.1, -0.05) is 18.7 Å². The van der Waals surface area contributed by atoms with Gasteiger partial charge in [0.25, 0.3) is 0 Å². The first kappa shape index (κ1) is 17.8. The molecule has 1 aromatic rings. The molecule has 2 rings (SSSR count). The van der Waals surface area contributed by atoms with E-state index >= 15 is 0 Å². The molecule has 0 saturated carbocycles. The second-order valence-electron chi connectivity index (χ2n) is 5.67. The Kier molecular flexibility index (Phi) is 6.04. The van der Waals surface area contributed by atoms with Crippen LogP contribution >= 0.6 is 11.8 Å². The lowest BCUT2D eigenvalue weighted by Crippen LogP contribution is -2.46. The van der Waals surface area contributed by atoms with Crippen molar-refractivity contribution < 1.29 is 19.4 Å². The molecule has 1 aromatic carbocycles. The first-order valence-electron chi connectivity index (χ1n) is 7.50. The van der Waals surface area contributed by atoms with Gasteiger partial charge in [0.2, 0.25) is 5.91 Å². The molecule has 1 saturated heterocycles. The number of hydrogen-bond donors (Lipinski definition) is 3. The summed E-state index contributed by atoms with van der Waals surface area (Å²) in [6.45, 7) is 3.48. The molecule has 1 heterocycles. The summed E-state index contributed by atoms with van der Waals surface area (Å²) in [5.41, 5.74) is 0.679. The highest BCUT2D eigenvalue weighted by atomic mass is 32.2. The second kappa shape index (κ2) is 7.81. The number of carboxylic acids is 1. The number of aliphatic carboxylic acids is 1. The van der Waals surface area contributed by atoms with E-state index in [4.69, 9.17) is 4.74 Å². The lowest BCUT2D eigenvalue weighted by Gasteiger charge is -2.22. The highest BCUT2D eigenvalue weighted by molar-refractivity contribution is 7.99. The fraction of sp³-hybridized carbons (Fsp3) is 0.500. The van der Waals surface area contributed by atoms with E-state index in [1.54, 1.807) is 18.8 Å². The molecule has 1 amide bonds. The third-order valence-electron chi connectivity index (χ3n) is 3.78. The number of benzene rings is 1. The molecule has 7 heteroatoms. The molecule has 3 N–H and O–H groups in total. The summed E-state index contributed by atoms with van der Waals surface area (Å²) < 4.78 is 5.94. The van der Waals surface area contributed by atoms with Crippen LogP contribution in [0.5, 0.6) is 0 Å². The fourth-order valence-electron chi connectivity index (χ4n) is 2.69. The van der Waals surface area contributed by atoms with Gasteiger partial charge in [0.1, 0.15) is 11.5 Å². The maximum atomic E-state index is 11.3. The Bertz CT molecular complexity index is 564. The zero-order chi connectivity index (χ0) is 17.0. The van der Waals surface area contributed by atoms with E-state index in [9.17, 15) is 14.7 Å². The van der Waals surface area contributed by atoms with E-state index < -0.39 is 12.0 Å². The van der Waals surface area contributed by atoms with Gasteiger partial charge in [-0.05, 0) is 43.7 Å². The van der Waals surface area contributed by atoms with Gasteiger partial charge in [0, 0.05) is 17.5 Å². The number of carboxylic acid groups (broad SMARTS) is 1. The largest absolute Gasteiger partial charge is 0.480 e. The van der Waals surface area contributed by atoms with Crippen LogP contribution in [0.3, 0.4) is 0 Å². The van der Waals surface area contributed by atoms with E-state index in [1.807, 2.05) is 31.2 Å². The van der Waals surface area contributed by atoms with E-state index in [1.165, 1.54) is 6.92 Å². The number of amides is 1. The SMILES string of the molecule is CNC(C(=O)O)[C@@H]1OC(Sc2ccc(NC(C)=O)cc2)C[C@H]1C. The molecule has 1 fully saturated rings.